The van der Waals surface area contributed by atoms with E-state index in [4.69, 9.17) is 11.6 Å². The van der Waals surface area contributed by atoms with Crippen molar-refractivity contribution in [1.82, 2.24) is 0 Å². The Kier molecular flexibility index (Phi) is 2.09. The normalized spacial score (nSPS) is 32.8. The number of halogens is 1. The fourth-order valence-corrected chi connectivity index (χ4v) is 4.44. The number of hydrogen-bond donors (Lipinski definition) is 0. The van der Waals surface area contributed by atoms with Crippen molar-refractivity contribution in [3.05, 3.63) is 46.0 Å². The topological polar surface area (TPSA) is 17.1 Å². The number of ketones is 1. The van der Waals surface area contributed by atoms with Crippen molar-refractivity contribution in [1.29, 1.82) is 0 Å². The lowest BCUT2D eigenvalue weighted by Gasteiger charge is -2.39. The lowest BCUT2D eigenvalue weighted by Crippen LogP contribution is -2.42. The molecular formula is C16H15ClO. The molecule has 0 heterocycles. The molecule has 1 spiro atoms. The number of carbonyl (C=O) groups is 1. The Morgan fingerprint density at radius 3 is 2.89 bits per heavy atom. The van der Waals surface area contributed by atoms with Crippen molar-refractivity contribution in [2.24, 2.45) is 11.3 Å². The van der Waals surface area contributed by atoms with E-state index in [2.05, 4.69) is 12.1 Å². The fourth-order valence-electron chi connectivity index (χ4n) is 4.18. The van der Waals surface area contributed by atoms with Crippen LogP contribution in [-0.4, -0.2) is 5.78 Å². The molecule has 1 nitrogen and oxygen atoms in total. The number of Topliss-reactive ketones (excluding diaryl/α,β-unsaturated/α-hetero) is 1. The predicted octanol–water partition coefficient (Wildman–Crippen LogP) is 3.73. The van der Waals surface area contributed by atoms with Crippen LogP contribution >= 0.6 is 11.6 Å². The highest BCUT2D eigenvalue weighted by Gasteiger charge is 2.53. The van der Waals surface area contributed by atoms with Gasteiger partial charge >= 0.3 is 0 Å². The molecule has 2 atom stereocenters. The number of rotatable bonds is 0. The molecule has 2 bridgehead atoms. The molecule has 4 rings (SSSR count). The van der Waals surface area contributed by atoms with Gasteiger partial charge in [-0.05, 0) is 48.8 Å². The quantitative estimate of drug-likeness (QED) is 0.648. The summed E-state index contributed by atoms with van der Waals surface area (Å²) in [7, 11) is 0. The van der Waals surface area contributed by atoms with Gasteiger partial charge < -0.3 is 0 Å². The highest BCUT2D eigenvalue weighted by molar-refractivity contribution is 6.31. The first-order valence-corrected chi connectivity index (χ1v) is 7.04. The molecule has 0 amide bonds. The van der Waals surface area contributed by atoms with Crippen molar-refractivity contribution in [3.8, 4) is 0 Å². The van der Waals surface area contributed by atoms with E-state index in [1.165, 1.54) is 11.1 Å². The molecule has 92 valence electrons. The largest absolute Gasteiger partial charge is 0.299 e. The van der Waals surface area contributed by atoms with Gasteiger partial charge in [0.15, 0.2) is 0 Å². The lowest BCUT2D eigenvalue weighted by molar-refractivity contribution is -0.131. The Morgan fingerprint density at radius 1 is 1.28 bits per heavy atom. The third kappa shape index (κ3) is 1.26. The standard InChI is InChI=1S/C16H15ClO/c17-14-3-1-2-11-9-16(15(18)7-13(11)14)8-10-4-5-12(16)6-10/h1-4,12H,5-9H2. The molecular weight excluding hydrogens is 244 g/mol. The van der Waals surface area contributed by atoms with Gasteiger partial charge in [-0.15, -0.1) is 0 Å². The molecule has 2 heteroatoms. The minimum absolute atomic E-state index is 0.0816. The molecule has 18 heavy (non-hydrogen) atoms. The van der Waals surface area contributed by atoms with Crippen molar-refractivity contribution in [2.75, 3.05) is 0 Å². The zero-order valence-electron chi connectivity index (χ0n) is 10.2. The Balaban J connectivity index is 1.82. The van der Waals surface area contributed by atoms with Crippen LogP contribution in [0.5, 0.6) is 0 Å². The molecule has 2 unspecified atom stereocenters. The van der Waals surface area contributed by atoms with Crippen molar-refractivity contribution >= 4 is 17.4 Å². The molecule has 1 aromatic rings. The van der Waals surface area contributed by atoms with Crippen LogP contribution in [0, 0.1) is 11.3 Å². The summed E-state index contributed by atoms with van der Waals surface area (Å²) >= 11 is 6.22. The summed E-state index contributed by atoms with van der Waals surface area (Å²) in [5, 5.41) is 0.762. The number of benzene rings is 1. The van der Waals surface area contributed by atoms with Crippen LogP contribution < -0.4 is 0 Å². The lowest BCUT2D eigenvalue weighted by atomic mass is 9.63. The van der Waals surface area contributed by atoms with E-state index < -0.39 is 0 Å². The minimum atomic E-state index is -0.0816. The molecule has 0 radical (unpaired) electrons. The molecule has 0 aliphatic heterocycles. The van der Waals surface area contributed by atoms with E-state index in [-0.39, 0.29) is 5.41 Å². The number of hydrogen-bond acceptors (Lipinski definition) is 1. The Hall–Kier alpha value is -1.08. The van der Waals surface area contributed by atoms with E-state index in [0.29, 0.717) is 18.1 Å². The maximum absolute atomic E-state index is 12.6. The summed E-state index contributed by atoms with van der Waals surface area (Å²) < 4.78 is 0. The van der Waals surface area contributed by atoms with E-state index in [1.54, 1.807) is 0 Å². The summed E-state index contributed by atoms with van der Waals surface area (Å²) in [4.78, 5) is 12.6. The van der Waals surface area contributed by atoms with Crippen LogP contribution in [0.3, 0.4) is 0 Å². The van der Waals surface area contributed by atoms with Crippen LogP contribution in [0.15, 0.2) is 29.8 Å². The number of fused-ring (bicyclic) bond motifs is 4. The van der Waals surface area contributed by atoms with Gasteiger partial charge in [-0.25, -0.2) is 0 Å². The average molecular weight is 259 g/mol. The van der Waals surface area contributed by atoms with Gasteiger partial charge in [0.2, 0.25) is 0 Å². The second-order valence-corrected chi connectivity index (χ2v) is 6.39. The van der Waals surface area contributed by atoms with Gasteiger partial charge in [0.25, 0.3) is 0 Å². The van der Waals surface area contributed by atoms with Crippen molar-refractivity contribution < 1.29 is 4.79 Å². The first-order valence-electron chi connectivity index (χ1n) is 6.66. The monoisotopic (exact) mass is 258 g/mol. The van der Waals surface area contributed by atoms with Gasteiger partial charge in [0, 0.05) is 16.9 Å². The highest BCUT2D eigenvalue weighted by atomic mass is 35.5. The molecule has 3 aliphatic rings. The summed E-state index contributed by atoms with van der Waals surface area (Å²) in [5.41, 5.74) is 3.81. The van der Waals surface area contributed by atoms with E-state index >= 15 is 0 Å². The molecule has 1 aromatic carbocycles. The van der Waals surface area contributed by atoms with Gasteiger partial charge in [0.05, 0.1) is 0 Å². The summed E-state index contributed by atoms with van der Waals surface area (Å²) in [6.45, 7) is 0. The highest BCUT2D eigenvalue weighted by Crippen LogP contribution is 2.57. The zero-order chi connectivity index (χ0) is 12.3. The molecule has 1 fully saturated rings. The summed E-state index contributed by atoms with van der Waals surface area (Å²) in [6.07, 6.45) is 7.06. The Morgan fingerprint density at radius 2 is 2.17 bits per heavy atom. The Bertz CT molecular complexity index is 587. The van der Waals surface area contributed by atoms with Crippen LogP contribution in [0.25, 0.3) is 0 Å². The molecule has 0 N–H and O–H groups in total. The van der Waals surface area contributed by atoms with Gasteiger partial charge in [-0.2, -0.15) is 0 Å². The van der Waals surface area contributed by atoms with Gasteiger partial charge in [0.1, 0.15) is 5.78 Å². The van der Waals surface area contributed by atoms with Crippen LogP contribution in [0.1, 0.15) is 30.4 Å². The number of allylic oxidation sites excluding steroid dienone is 2. The third-order valence-corrected chi connectivity index (χ3v) is 5.49. The minimum Gasteiger partial charge on any atom is -0.299 e. The summed E-state index contributed by atoms with van der Waals surface area (Å²) in [5.74, 6) is 0.989. The molecule has 3 aliphatic carbocycles. The van der Waals surface area contributed by atoms with Gasteiger partial charge in [-0.3, -0.25) is 4.79 Å². The third-order valence-electron chi connectivity index (χ3n) is 5.14. The van der Waals surface area contributed by atoms with Crippen molar-refractivity contribution in [3.63, 3.8) is 0 Å². The Labute approximate surface area is 112 Å². The van der Waals surface area contributed by atoms with Crippen LogP contribution in [-0.2, 0) is 17.6 Å². The first kappa shape index (κ1) is 10.8. The SMILES string of the molecule is O=C1Cc2c(Cl)cccc2CC12CC1=CCC2C1. The fraction of sp³-hybridized carbons (Fsp3) is 0.438. The van der Waals surface area contributed by atoms with Gasteiger partial charge in [-0.1, -0.05) is 35.4 Å². The second-order valence-electron chi connectivity index (χ2n) is 5.99. The van der Waals surface area contributed by atoms with E-state index in [9.17, 15) is 4.79 Å². The first-order chi connectivity index (χ1) is 8.69. The van der Waals surface area contributed by atoms with E-state index in [1.807, 2.05) is 12.1 Å². The summed E-state index contributed by atoms with van der Waals surface area (Å²) in [6, 6.07) is 6.06. The van der Waals surface area contributed by atoms with E-state index in [0.717, 1.165) is 36.3 Å². The van der Waals surface area contributed by atoms with Crippen LogP contribution in [0.4, 0.5) is 0 Å². The maximum atomic E-state index is 12.6. The maximum Gasteiger partial charge on any atom is 0.144 e. The smallest absolute Gasteiger partial charge is 0.144 e. The van der Waals surface area contributed by atoms with Crippen molar-refractivity contribution in [2.45, 2.75) is 32.1 Å². The average Bonchev–Trinajstić information content (AvgIpc) is 2.93. The molecule has 0 aromatic heterocycles. The molecule has 0 saturated heterocycles. The number of carbonyl (C=O) groups excluding carboxylic acids is 1. The second kappa shape index (κ2) is 3.48. The predicted molar refractivity (Wildman–Crippen MR) is 71.7 cm³/mol. The molecule has 1 saturated carbocycles. The van der Waals surface area contributed by atoms with Crippen LogP contribution in [0.2, 0.25) is 5.02 Å². The zero-order valence-corrected chi connectivity index (χ0v) is 11.0.